The molecule has 0 aliphatic rings. The van der Waals surface area contributed by atoms with Crippen LogP contribution in [0.4, 0.5) is 0 Å². The topological polar surface area (TPSA) is 43.9 Å². The van der Waals surface area contributed by atoms with Crippen LogP contribution in [0.3, 0.4) is 0 Å². The quantitative estimate of drug-likeness (QED) is 0.169. The lowest BCUT2D eigenvalue weighted by molar-refractivity contribution is 0.669. The van der Waals surface area contributed by atoms with Crippen molar-refractivity contribution in [3.63, 3.8) is 0 Å². The second-order valence-corrected chi connectivity index (χ2v) is 13.7. The van der Waals surface area contributed by atoms with Crippen molar-refractivity contribution >= 4 is 54.6 Å². The molecule has 0 N–H and O–H groups in total. The molecule has 3 heterocycles. The molecule has 0 aliphatic heterocycles. The largest absolute Gasteiger partial charge is 0.456 e. The second-order valence-electron chi connectivity index (χ2n) is 13.7. The van der Waals surface area contributed by atoms with Gasteiger partial charge in [0.2, 0.25) is 0 Å². The van der Waals surface area contributed by atoms with Crippen molar-refractivity contribution in [2.45, 2.75) is 0 Å². The second kappa shape index (κ2) is 12.1. The Morgan fingerprint density at radius 2 is 1.04 bits per heavy atom. The van der Waals surface area contributed by atoms with E-state index in [1.165, 1.54) is 5.39 Å². The minimum atomic E-state index is 0.853. The molecule has 0 unspecified atom stereocenters. The van der Waals surface area contributed by atoms with Gasteiger partial charge in [-0.1, -0.05) is 146 Å². The summed E-state index contributed by atoms with van der Waals surface area (Å²) in [5.41, 5.74) is 13.5. The highest BCUT2D eigenvalue weighted by Crippen LogP contribution is 2.46. The summed E-state index contributed by atoms with van der Waals surface area (Å²) in [4.78, 5) is 10.3. The zero-order valence-electron chi connectivity index (χ0n) is 29.1. The summed E-state index contributed by atoms with van der Waals surface area (Å²) in [5, 5.41) is 5.58. The monoisotopic (exact) mass is 689 g/mol. The van der Waals surface area contributed by atoms with E-state index in [0.717, 1.165) is 99.8 Å². The van der Waals surface area contributed by atoms with Crippen LogP contribution in [-0.4, -0.2) is 14.5 Å². The van der Waals surface area contributed by atoms with Gasteiger partial charge >= 0.3 is 0 Å². The molecule has 11 rings (SSSR count). The predicted molar refractivity (Wildman–Crippen MR) is 223 cm³/mol. The van der Waals surface area contributed by atoms with Crippen LogP contribution in [0.15, 0.2) is 192 Å². The molecule has 252 valence electrons. The Bertz CT molecular complexity index is 3200. The van der Waals surface area contributed by atoms with Gasteiger partial charge in [-0.2, -0.15) is 0 Å². The maximum atomic E-state index is 6.60. The first-order valence-electron chi connectivity index (χ1n) is 18.2. The standard InChI is InChI=1S/C50H31N3O/c1-3-14-34(15-4-1)49-40-31-45-48(39-21-8-12-25-44(39)54-45)46(47(40)38-20-7-9-22-41(38)51-49)33-28-26-32(27-29-33)36-18-13-19-37(30-36)53-43-24-11-10-23-42(43)52-50(53)35-16-5-2-6-17-35/h1-31H. The zero-order chi connectivity index (χ0) is 35.6. The van der Waals surface area contributed by atoms with Crippen LogP contribution in [-0.2, 0) is 0 Å². The van der Waals surface area contributed by atoms with E-state index < -0.39 is 0 Å². The number of fused-ring (bicyclic) bond motifs is 7. The van der Waals surface area contributed by atoms with E-state index in [1.54, 1.807) is 0 Å². The van der Waals surface area contributed by atoms with Crippen molar-refractivity contribution in [2.75, 3.05) is 0 Å². The van der Waals surface area contributed by atoms with E-state index in [2.05, 4.69) is 168 Å². The third kappa shape index (κ3) is 4.78. The highest BCUT2D eigenvalue weighted by atomic mass is 16.3. The van der Waals surface area contributed by atoms with Gasteiger partial charge in [0.05, 0.1) is 22.2 Å². The van der Waals surface area contributed by atoms with E-state index >= 15 is 0 Å². The maximum absolute atomic E-state index is 6.60. The number of nitrogens with zero attached hydrogens (tertiary/aromatic N) is 3. The highest BCUT2D eigenvalue weighted by molar-refractivity contribution is 6.27. The van der Waals surface area contributed by atoms with Gasteiger partial charge < -0.3 is 4.42 Å². The van der Waals surface area contributed by atoms with Crippen molar-refractivity contribution in [1.29, 1.82) is 0 Å². The molecule has 0 saturated carbocycles. The molecule has 0 bridgehead atoms. The number of imidazole rings is 1. The Morgan fingerprint density at radius 3 is 1.85 bits per heavy atom. The van der Waals surface area contributed by atoms with Crippen molar-refractivity contribution in [3.8, 4) is 50.6 Å². The summed E-state index contributed by atoms with van der Waals surface area (Å²) in [7, 11) is 0. The number of hydrogen-bond acceptors (Lipinski definition) is 3. The van der Waals surface area contributed by atoms with Crippen LogP contribution in [0.1, 0.15) is 0 Å². The first-order valence-corrected chi connectivity index (χ1v) is 18.2. The summed E-state index contributed by atoms with van der Waals surface area (Å²) < 4.78 is 8.87. The number of benzene rings is 8. The predicted octanol–water partition coefficient (Wildman–Crippen LogP) is 13.3. The minimum absolute atomic E-state index is 0.853. The van der Waals surface area contributed by atoms with Crippen molar-refractivity contribution in [3.05, 3.63) is 188 Å². The zero-order valence-corrected chi connectivity index (χ0v) is 29.1. The number of rotatable bonds is 5. The summed E-state index contributed by atoms with van der Waals surface area (Å²) in [6, 6.07) is 66.0. The lowest BCUT2D eigenvalue weighted by Gasteiger charge is -2.16. The third-order valence-electron chi connectivity index (χ3n) is 10.6. The van der Waals surface area contributed by atoms with Gasteiger partial charge in [-0.05, 0) is 59.2 Å². The SMILES string of the molecule is c1ccc(-c2nc3ccccc3c3c(-c4ccc(-c5cccc(-n6c(-c7ccccc7)nc7ccccc76)c5)cc4)c4c(cc23)oc2ccccc24)cc1. The normalized spacial score (nSPS) is 11.7. The Morgan fingerprint density at radius 1 is 0.389 bits per heavy atom. The van der Waals surface area contributed by atoms with E-state index in [9.17, 15) is 0 Å². The van der Waals surface area contributed by atoms with Crippen molar-refractivity contribution in [1.82, 2.24) is 14.5 Å². The van der Waals surface area contributed by atoms with Crippen LogP contribution in [0.5, 0.6) is 0 Å². The molecule has 11 aromatic rings. The Balaban J connectivity index is 1.12. The van der Waals surface area contributed by atoms with Crippen LogP contribution >= 0.6 is 0 Å². The lowest BCUT2D eigenvalue weighted by Crippen LogP contribution is -1.98. The van der Waals surface area contributed by atoms with Crippen LogP contribution in [0.2, 0.25) is 0 Å². The van der Waals surface area contributed by atoms with E-state index in [4.69, 9.17) is 14.4 Å². The molecule has 8 aromatic carbocycles. The minimum Gasteiger partial charge on any atom is -0.456 e. The van der Waals surface area contributed by atoms with Gasteiger partial charge in [-0.25, -0.2) is 9.97 Å². The average molecular weight is 690 g/mol. The van der Waals surface area contributed by atoms with Gasteiger partial charge in [0, 0.05) is 49.3 Å². The summed E-state index contributed by atoms with van der Waals surface area (Å²) >= 11 is 0. The number of hydrogen-bond donors (Lipinski definition) is 0. The summed E-state index contributed by atoms with van der Waals surface area (Å²) in [5.74, 6) is 0.924. The van der Waals surface area contributed by atoms with E-state index in [-0.39, 0.29) is 0 Å². The molecule has 3 aromatic heterocycles. The summed E-state index contributed by atoms with van der Waals surface area (Å²) in [6.07, 6.45) is 0. The molecule has 0 radical (unpaired) electrons. The molecule has 0 spiro atoms. The summed E-state index contributed by atoms with van der Waals surface area (Å²) in [6.45, 7) is 0. The van der Waals surface area contributed by atoms with Crippen molar-refractivity contribution in [2.24, 2.45) is 0 Å². The molecular weight excluding hydrogens is 659 g/mol. The lowest BCUT2D eigenvalue weighted by atomic mass is 9.89. The fraction of sp³-hybridized carbons (Fsp3) is 0. The Kier molecular flexibility index (Phi) is 6.82. The van der Waals surface area contributed by atoms with Gasteiger partial charge in [0.25, 0.3) is 0 Å². The Labute approximate surface area is 311 Å². The molecular formula is C50H31N3O. The number of para-hydroxylation sites is 4. The van der Waals surface area contributed by atoms with Crippen LogP contribution in [0.25, 0.3) is 105 Å². The van der Waals surface area contributed by atoms with E-state index in [0.29, 0.717) is 0 Å². The first-order chi connectivity index (χ1) is 26.8. The van der Waals surface area contributed by atoms with Gasteiger partial charge in [0.15, 0.2) is 0 Å². The molecule has 0 atom stereocenters. The van der Waals surface area contributed by atoms with Crippen LogP contribution < -0.4 is 0 Å². The number of furan rings is 1. The van der Waals surface area contributed by atoms with Gasteiger partial charge in [-0.15, -0.1) is 0 Å². The maximum Gasteiger partial charge on any atom is 0.145 e. The molecule has 4 heteroatoms. The Hall–Kier alpha value is -7.30. The molecule has 0 fully saturated rings. The number of aromatic nitrogens is 3. The molecule has 0 aliphatic carbocycles. The molecule has 4 nitrogen and oxygen atoms in total. The first kappa shape index (κ1) is 30.3. The molecule has 0 saturated heterocycles. The molecule has 54 heavy (non-hydrogen) atoms. The highest BCUT2D eigenvalue weighted by Gasteiger charge is 2.22. The smallest absolute Gasteiger partial charge is 0.145 e. The average Bonchev–Trinajstić information content (AvgIpc) is 3.82. The van der Waals surface area contributed by atoms with Crippen LogP contribution in [0, 0.1) is 0 Å². The third-order valence-corrected chi connectivity index (χ3v) is 10.6. The van der Waals surface area contributed by atoms with Gasteiger partial charge in [-0.3, -0.25) is 4.57 Å². The fourth-order valence-corrected chi connectivity index (χ4v) is 8.14. The fourth-order valence-electron chi connectivity index (χ4n) is 8.14. The van der Waals surface area contributed by atoms with Crippen molar-refractivity contribution < 1.29 is 4.42 Å². The van der Waals surface area contributed by atoms with E-state index in [1.807, 2.05) is 24.3 Å². The van der Waals surface area contributed by atoms with Gasteiger partial charge in [0.1, 0.15) is 17.0 Å². The number of pyridine rings is 1. The molecule has 0 amide bonds.